The van der Waals surface area contributed by atoms with E-state index in [-0.39, 0.29) is 6.04 Å². The Kier molecular flexibility index (Phi) is 4.90. The van der Waals surface area contributed by atoms with Gasteiger partial charge in [0.25, 0.3) is 0 Å². The second-order valence-electron chi connectivity index (χ2n) is 7.78. The summed E-state index contributed by atoms with van der Waals surface area (Å²) in [4.78, 5) is 6.42. The first-order valence-electron chi connectivity index (χ1n) is 9.80. The molecule has 2 aromatic carbocycles. The zero-order valence-electron chi connectivity index (χ0n) is 16.5. The molecule has 1 aliphatic rings. The molecule has 27 heavy (non-hydrogen) atoms. The largest absolute Gasteiger partial charge is 0.359 e. The van der Waals surface area contributed by atoms with Crippen LogP contribution in [0.1, 0.15) is 57.0 Å². The summed E-state index contributed by atoms with van der Waals surface area (Å²) in [6.45, 7) is 9.12. The molecule has 0 amide bonds. The van der Waals surface area contributed by atoms with Gasteiger partial charge in [-0.3, -0.25) is 0 Å². The first kappa shape index (κ1) is 18.4. The highest BCUT2D eigenvalue weighted by atomic mass is 79.9. The highest BCUT2D eigenvalue weighted by Crippen LogP contribution is 2.43. The van der Waals surface area contributed by atoms with Crippen molar-refractivity contribution in [3.05, 3.63) is 81.1 Å². The predicted octanol–water partition coefficient (Wildman–Crippen LogP) is 6.97. The maximum absolute atomic E-state index is 3.77. The molecule has 0 radical (unpaired) electrons. The summed E-state index contributed by atoms with van der Waals surface area (Å²) in [5.41, 5.74) is 8.28. The van der Waals surface area contributed by atoms with Gasteiger partial charge < -0.3 is 9.88 Å². The van der Waals surface area contributed by atoms with Gasteiger partial charge in [0.2, 0.25) is 0 Å². The molecule has 2 atom stereocenters. The van der Waals surface area contributed by atoms with Crippen molar-refractivity contribution in [1.29, 1.82) is 0 Å². The number of benzene rings is 2. The lowest BCUT2D eigenvalue weighted by Gasteiger charge is -2.44. The SMILES string of the molecule is CCC(=C(C)C)N1C(c2ccc(Br)cc2)c2[nH]c3ccccc3c2C[C@H]1C. The normalized spacial score (nSPS) is 19.2. The standard InChI is InChI=1S/C24H27BrN2/c1-5-22(15(2)3)27-16(4)14-20-19-8-6-7-9-21(19)26-23(20)24(27)17-10-12-18(25)13-11-17/h6-13,16,24,26H,5,14H2,1-4H3/t16-,24?/m1/s1. The third kappa shape index (κ3) is 3.12. The van der Waals surface area contributed by atoms with Crippen LogP contribution in [0.2, 0.25) is 0 Å². The monoisotopic (exact) mass is 422 g/mol. The maximum Gasteiger partial charge on any atom is 0.0947 e. The molecule has 1 unspecified atom stereocenters. The number of rotatable bonds is 3. The van der Waals surface area contributed by atoms with E-state index in [1.54, 1.807) is 0 Å². The summed E-state index contributed by atoms with van der Waals surface area (Å²) in [6, 6.07) is 18.2. The minimum Gasteiger partial charge on any atom is -0.359 e. The zero-order valence-corrected chi connectivity index (χ0v) is 18.1. The number of nitrogens with zero attached hydrogens (tertiary/aromatic N) is 1. The number of nitrogens with one attached hydrogen (secondary N) is 1. The fourth-order valence-electron chi connectivity index (χ4n) is 4.65. The first-order valence-corrected chi connectivity index (χ1v) is 10.6. The van der Waals surface area contributed by atoms with E-state index in [2.05, 4.69) is 102 Å². The first-order chi connectivity index (χ1) is 13.0. The summed E-state index contributed by atoms with van der Waals surface area (Å²) in [7, 11) is 0. The third-order valence-corrected chi connectivity index (χ3v) is 6.31. The van der Waals surface area contributed by atoms with E-state index in [9.17, 15) is 0 Å². The molecule has 0 bridgehead atoms. The number of aromatic nitrogens is 1. The van der Waals surface area contributed by atoms with E-state index in [1.807, 2.05) is 0 Å². The van der Waals surface area contributed by atoms with Crippen LogP contribution in [0.15, 0.2) is 64.3 Å². The lowest BCUT2D eigenvalue weighted by Crippen LogP contribution is -2.42. The number of hydrogen-bond acceptors (Lipinski definition) is 1. The molecular weight excluding hydrogens is 396 g/mol. The molecule has 3 aromatic rings. The van der Waals surface area contributed by atoms with E-state index >= 15 is 0 Å². The summed E-state index contributed by atoms with van der Waals surface area (Å²) in [5, 5.41) is 1.37. The fourth-order valence-corrected chi connectivity index (χ4v) is 4.91. The lowest BCUT2D eigenvalue weighted by molar-refractivity contribution is 0.193. The van der Waals surface area contributed by atoms with Gasteiger partial charge in [-0.05, 0) is 62.9 Å². The number of H-pyrrole nitrogens is 1. The van der Waals surface area contributed by atoms with Gasteiger partial charge in [-0.1, -0.05) is 58.8 Å². The third-order valence-electron chi connectivity index (χ3n) is 5.78. The van der Waals surface area contributed by atoms with Crippen LogP contribution in [-0.2, 0) is 6.42 Å². The quantitative estimate of drug-likeness (QED) is 0.482. The van der Waals surface area contributed by atoms with Gasteiger partial charge in [0.05, 0.1) is 6.04 Å². The Bertz CT molecular complexity index is 993. The molecule has 0 spiro atoms. The van der Waals surface area contributed by atoms with Crippen LogP contribution in [0.3, 0.4) is 0 Å². The average Bonchev–Trinajstić information content (AvgIpc) is 3.01. The van der Waals surface area contributed by atoms with Gasteiger partial charge in [0, 0.05) is 32.8 Å². The van der Waals surface area contributed by atoms with Crippen molar-refractivity contribution >= 4 is 26.8 Å². The maximum atomic E-state index is 3.77. The highest BCUT2D eigenvalue weighted by molar-refractivity contribution is 9.10. The van der Waals surface area contributed by atoms with E-state index in [0.717, 1.165) is 17.3 Å². The molecule has 1 N–H and O–H groups in total. The molecular formula is C24H27BrN2. The number of hydrogen-bond donors (Lipinski definition) is 1. The number of para-hydroxylation sites is 1. The predicted molar refractivity (Wildman–Crippen MR) is 118 cm³/mol. The van der Waals surface area contributed by atoms with Crippen molar-refractivity contribution in [2.45, 2.75) is 52.6 Å². The minimum absolute atomic E-state index is 0.217. The second-order valence-corrected chi connectivity index (χ2v) is 8.69. The molecule has 2 nitrogen and oxygen atoms in total. The van der Waals surface area contributed by atoms with Gasteiger partial charge in [-0.15, -0.1) is 0 Å². The highest BCUT2D eigenvalue weighted by Gasteiger charge is 2.36. The zero-order chi connectivity index (χ0) is 19.1. The lowest BCUT2D eigenvalue weighted by atomic mass is 9.87. The van der Waals surface area contributed by atoms with Crippen molar-refractivity contribution in [2.75, 3.05) is 0 Å². The van der Waals surface area contributed by atoms with Crippen molar-refractivity contribution < 1.29 is 0 Å². The van der Waals surface area contributed by atoms with Gasteiger partial charge in [-0.25, -0.2) is 0 Å². The van der Waals surface area contributed by atoms with Crippen molar-refractivity contribution in [1.82, 2.24) is 9.88 Å². The number of halogens is 1. The fraction of sp³-hybridized carbons (Fsp3) is 0.333. The smallest absolute Gasteiger partial charge is 0.0947 e. The number of fused-ring (bicyclic) bond motifs is 3. The van der Waals surface area contributed by atoms with Crippen LogP contribution in [0.4, 0.5) is 0 Å². The van der Waals surface area contributed by atoms with Crippen LogP contribution >= 0.6 is 15.9 Å². The van der Waals surface area contributed by atoms with Crippen LogP contribution in [0, 0.1) is 0 Å². The van der Waals surface area contributed by atoms with E-state index in [0.29, 0.717) is 6.04 Å². The van der Waals surface area contributed by atoms with E-state index in [4.69, 9.17) is 0 Å². The van der Waals surface area contributed by atoms with Crippen LogP contribution < -0.4 is 0 Å². The Hall–Kier alpha value is -2.00. The number of aromatic amines is 1. The van der Waals surface area contributed by atoms with Gasteiger partial charge in [0.1, 0.15) is 0 Å². The van der Waals surface area contributed by atoms with Crippen LogP contribution in [0.5, 0.6) is 0 Å². The summed E-state index contributed by atoms with van der Waals surface area (Å²) < 4.78 is 1.12. The van der Waals surface area contributed by atoms with E-state index < -0.39 is 0 Å². The van der Waals surface area contributed by atoms with Crippen LogP contribution in [-0.4, -0.2) is 15.9 Å². The topological polar surface area (TPSA) is 19.0 Å². The van der Waals surface area contributed by atoms with Crippen molar-refractivity contribution in [3.8, 4) is 0 Å². The Morgan fingerprint density at radius 2 is 1.81 bits per heavy atom. The van der Waals surface area contributed by atoms with Crippen molar-refractivity contribution in [3.63, 3.8) is 0 Å². The molecule has 1 aromatic heterocycles. The molecule has 1 aliphatic heterocycles. The summed E-state index contributed by atoms with van der Waals surface area (Å²) >= 11 is 3.59. The van der Waals surface area contributed by atoms with Crippen LogP contribution in [0.25, 0.3) is 10.9 Å². The molecule has 3 heteroatoms. The van der Waals surface area contributed by atoms with Crippen molar-refractivity contribution in [2.24, 2.45) is 0 Å². The molecule has 0 saturated carbocycles. The molecule has 2 heterocycles. The Morgan fingerprint density at radius 3 is 2.48 bits per heavy atom. The van der Waals surface area contributed by atoms with Gasteiger partial charge >= 0.3 is 0 Å². The second kappa shape index (κ2) is 7.20. The minimum atomic E-state index is 0.217. The Labute approximate surface area is 170 Å². The molecule has 0 fully saturated rings. The van der Waals surface area contributed by atoms with E-state index in [1.165, 1.54) is 39.0 Å². The van der Waals surface area contributed by atoms with Gasteiger partial charge in [-0.2, -0.15) is 0 Å². The average molecular weight is 423 g/mol. The molecule has 0 saturated heterocycles. The summed E-state index contributed by atoms with van der Waals surface area (Å²) in [5.74, 6) is 0. The molecule has 140 valence electrons. The Morgan fingerprint density at radius 1 is 1.11 bits per heavy atom. The molecule has 0 aliphatic carbocycles. The summed E-state index contributed by atoms with van der Waals surface area (Å²) in [6.07, 6.45) is 2.12. The Balaban J connectivity index is 1.97. The van der Waals surface area contributed by atoms with Gasteiger partial charge in [0.15, 0.2) is 0 Å². The molecule has 4 rings (SSSR count). The number of allylic oxidation sites excluding steroid dienone is 2.